The summed E-state index contributed by atoms with van der Waals surface area (Å²) in [6.45, 7) is 2.10. The summed E-state index contributed by atoms with van der Waals surface area (Å²) in [5, 5.41) is 8.51. The zero-order chi connectivity index (χ0) is 14.5. The molecule has 1 amide bonds. The SMILES string of the molecule is Cc1cc(CCNC(=O)c2ccc(=O)[nH]n2)ccc1F. The summed E-state index contributed by atoms with van der Waals surface area (Å²) in [4.78, 5) is 22.5. The van der Waals surface area contributed by atoms with E-state index in [1.807, 2.05) is 0 Å². The number of rotatable bonds is 4. The van der Waals surface area contributed by atoms with E-state index in [9.17, 15) is 14.0 Å². The number of halogens is 1. The molecule has 0 bridgehead atoms. The van der Waals surface area contributed by atoms with E-state index in [0.717, 1.165) is 5.56 Å². The smallest absolute Gasteiger partial charge is 0.271 e. The third-order valence-electron chi connectivity index (χ3n) is 2.83. The van der Waals surface area contributed by atoms with E-state index in [1.54, 1.807) is 19.1 Å². The van der Waals surface area contributed by atoms with Crippen LogP contribution in [0.4, 0.5) is 4.39 Å². The van der Waals surface area contributed by atoms with Gasteiger partial charge in [0, 0.05) is 12.6 Å². The molecule has 1 aromatic carbocycles. The topological polar surface area (TPSA) is 74.8 Å². The fourth-order valence-corrected chi connectivity index (χ4v) is 1.74. The monoisotopic (exact) mass is 275 g/mol. The van der Waals surface area contributed by atoms with E-state index in [1.165, 1.54) is 18.2 Å². The molecule has 2 rings (SSSR count). The van der Waals surface area contributed by atoms with Crippen molar-refractivity contribution in [2.24, 2.45) is 0 Å². The number of hydrogen-bond acceptors (Lipinski definition) is 3. The summed E-state index contributed by atoms with van der Waals surface area (Å²) in [5.41, 5.74) is 1.32. The number of benzene rings is 1. The van der Waals surface area contributed by atoms with Crippen LogP contribution in [0.2, 0.25) is 0 Å². The van der Waals surface area contributed by atoms with E-state index < -0.39 is 0 Å². The molecule has 1 aromatic heterocycles. The Kier molecular flexibility index (Phi) is 4.24. The quantitative estimate of drug-likeness (QED) is 0.880. The normalized spacial score (nSPS) is 10.3. The molecular weight excluding hydrogens is 261 g/mol. The van der Waals surface area contributed by atoms with Gasteiger partial charge < -0.3 is 5.32 Å². The Morgan fingerprint density at radius 1 is 1.35 bits per heavy atom. The highest BCUT2D eigenvalue weighted by atomic mass is 19.1. The minimum Gasteiger partial charge on any atom is -0.350 e. The van der Waals surface area contributed by atoms with Crippen LogP contribution in [0.15, 0.2) is 35.1 Å². The van der Waals surface area contributed by atoms with Crippen LogP contribution in [0.25, 0.3) is 0 Å². The van der Waals surface area contributed by atoms with Gasteiger partial charge in [-0.15, -0.1) is 0 Å². The van der Waals surface area contributed by atoms with Gasteiger partial charge in [0.2, 0.25) is 0 Å². The molecule has 5 nitrogen and oxygen atoms in total. The maximum atomic E-state index is 13.1. The van der Waals surface area contributed by atoms with Crippen molar-refractivity contribution >= 4 is 5.91 Å². The van der Waals surface area contributed by atoms with Gasteiger partial charge in [0.25, 0.3) is 11.5 Å². The maximum Gasteiger partial charge on any atom is 0.271 e. The molecule has 2 N–H and O–H groups in total. The van der Waals surface area contributed by atoms with Crippen LogP contribution in [-0.4, -0.2) is 22.6 Å². The Balaban J connectivity index is 1.89. The number of nitrogens with one attached hydrogen (secondary N) is 2. The van der Waals surface area contributed by atoms with Crippen LogP contribution < -0.4 is 10.9 Å². The third-order valence-corrected chi connectivity index (χ3v) is 2.83. The Morgan fingerprint density at radius 2 is 2.15 bits per heavy atom. The van der Waals surface area contributed by atoms with Crippen molar-refractivity contribution in [3.05, 3.63) is 63.3 Å². The lowest BCUT2D eigenvalue weighted by Crippen LogP contribution is -2.27. The second-order valence-electron chi connectivity index (χ2n) is 4.40. The van der Waals surface area contributed by atoms with Crippen LogP contribution in [0.3, 0.4) is 0 Å². The highest BCUT2D eigenvalue weighted by Crippen LogP contribution is 2.09. The molecular formula is C14H14FN3O2. The fourth-order valence-electron chi connectivity index (χ4n) is 1.74. The lowest BCUT2D eigenvalue weighted by atomic mass is 10.1. The molecule has 0 saturated heterocycles. The third kappa shape index (κ3) is 3.50. The van der Waals surface area contributed by atoms with Crippen LogP contribution in [0, 0.1) is 12.7 Å². The first-order valence-electron chi connectivity index (χ1n) is 6.15. The standard InChI is InChI=1S/C14H14FN3O2/c1-9-8-10(2-3-11(9)15)6-7-16-14(20)12-4-5-13(19)18-17-12/h2-5,8H,6-7H2,1H3,(H,16,20)(H,18,19). The van der Waals surface area contributed by atoms with E-state index in [-0.39, 0.29) is 23.0 Å². The second-order valence-corrected chi connectivity index (χ2v) is 4.40. The molecule has 0 fully saturated rings. The Morgan fingerprint density at radius 3 is 2.80 bits per heavy atom. The number of amides is 1. The van der Waals surface area contributed by atoms with Gasteiger partial charge in [-0.25, -0.2) is 9.49 Å². The first kappa shape index (κ1) is 13.9. The van der Waals surface area contributed by atoms with Gasteiger partial charge in [-0.05, 0) is 36.6 Å². The van der Waals surface area contributed by atoms with Crippen molar-refractivity contribution in [3.8, 4) is 0 Å². The number of H-pyrrole nitrogens is 1. The predicted molar refractivity (Wildman–Crippen MR) is 72.0 cm³/mol. The first-order valence-corrected chi connectivity index (χ1v) is 6.15. The molecule has 6 heteroatoms. The van der Waals surface area contributed by atoms with Crippen LogP contribution >= 0.6 is 0 Å². The molecule has 0 spiro atoms. The van der Waals surface area contributed by atoms with Gasteiger partial charge in [0.15, 0.2) is 0 Å². The molecule has 0 aliphatic rings. The van der Waals surface area contributed by atoms with E-state index in [2.05, 4.69) is 15.5 Å². The molecule has 104 valence electrons. The second kappa shape index (κ2) is 6.10. The van der Waals surface area contributed by atoms with E-state index in [0.29, 0.717) is 18.5 Å². The van der Waals surface area contributed by atoms with Gasteiger partial charge in [-0.2, -0.15) is 5.10 Å². The summed E-state index contributed by atoms with van der Waals surface area (Å²) in [7, 11) is 0. The number of carbonyl (C=O) groups excluding carboxylic acids is 1. The average Bonchev–Trinajstić information content (AvgIpc) is 2.43. The number of hydrogen-bond donors (Lipinski definition) is 2. The Hall–Kier alpha value is -2.50. The predicted octanol–water partition coefficient (Wildman–Crippen LogP) is 1.19. The molecule has 0 atom stereocenters. The summed E-state index contributed by atoms with van der Waals surface area (Å²) in [6.07, 6.45) is 0.593. The fraction of sp³-hybridized carbons (Fsp3) is 0.214. The van der Waals surface area contributed by atoms with Gasteiger partial charge in [-0.1, -0.05) is 12.1 Å². The highest BCUT2D eigenvalue weighted by molar-refractivity contribution is 5.91. The van der Waals surface area contributed by atoms with E-state index in [4.69, 9.17) is 0 Å². The number of nitrogens with zero attached hydrogens (tertiary/aromatic N) is 1. The van der Waals surface area contributed by atoms with Crippen molar-refractivity contribution < 1.29 is 9.18 Å². The molecule has 2 aromatic rings. The summed E-state index contributed by atoms with van der Waals surface area (Å²) in [6, 6.07) is 7.45. The molecule has 0 radical (unpaired) electrons. The Bertz CT molecular complexity index is 662. The van der Waals surface area contributed by atoms with Crippen LogP contribution in [0.5, 0.6) is 0 Å². The number of carbonyl (C=O) groups is 1. The largest absolute Gasteiger partial charge is 0.350 e. The Labute approximate surface area is 114 Å². The molecule has 1 heterocycles. The zero-order valence-corrected chi connectivity index (χ0v) is 10.9. The minimum absolute atomic E-state index is 0.153. The number of aromatic amines is 1. The number of aromatic nitrogens is 2. The summed E-state index contributed by atoms with van der Waals surface area (Å²) in [5.74, 6) is -0.602. The van der Waals surface area contributed by atoms with Crippen molar-refractivity contribution in [1.82, 2.24) is 15.5 Å². The van der Waals surface area contributed by atoms with Gasteiger partial charge in [0.05, 0.1) is 0 Å². The lowest BCUT2D eigenvalue weighted by molar-refractivity contribution is 0.0948. The summed E-state index contributed by atoms with van der Waals surface area (Å²) < 4.78 is 13.1. The molecule has 0 aliphatic heterocycles. The molecule has 20 heavy (non-hydrogen) atoms. The maximum absolute atomic E-state index is 13.1. The van der Waals surface area contributed by atoms with Crippen LogP contribution in [0.1, 0.15) is 21.6 Å². The molecule has 0 saturated carbocycles. The molecule has 0 aliphatic carbocycles. The minimum atomic E-state index is -0.361. The van der Waals surface area contributed by atoms with Gasteiger partial charge in [-0.3, -0.25) is 9.59 Å². The van der Waals surface area contributed by atoms with E-state index >= 15 is 0 Å². The van der Waals surface area contributed by atoms with Gasteiger partial charge >= 0.3 is 0 Å². The van der Waals surface area contributed by atoms with Gasteiger partial charge in [0.1, 0.15) is 11.5 Å². The van der Waals surface area contributed by atoms with Crippen molar-refractivity contribution in [2.45, 2.75) is 13.3 Å². The first-order chi connectivity index (χ1) is 9.56. The van der Waals surface area contributed by atoms with Crippen LogP contribution in [-0.2, 0) is 6.42 Å². The average molecular weight is 275 g/mol. The van der Waals surface area contributed by atoms with Crippen molar-refractivity contribution in [3.63, 3.8) is 0 Å². The highest BCUT2D eigenvalue weighted by Gasteiger charge is 2.06. The van der Waals surface area contributed by atoms with Crippen molar-refractivity contribution in [2.75, 3.05) is 6.54 Å². The summed E-state index contributed by atoms with van der Waals surface area (Å²) >= 11 is 0. The zero-order valence-electron chi connectivity index (χ0n) is 10.9. The van der Waals surface area contributed by atoms with Crippen molar-refractivity contribution in [1.29, 1.82) is 0 Å². The lowest BCUT2D eigenvalue weighted by Gasteiger charge is -2.05. The number of aryl methyl sites for hydroxylation is 1. The molecule has 0 unspecified atom stereocenters.